The molecule has 44 heavy (non-hydrogen) atoms. The highest BCUT2D eigenvalue weighted by Gasteiger charge is 2.55. The van der Waals surface area contributed by atoms with Gasteiger partial charge in [0.05, 0.1) is 37.1 Å². The molecular weight excluding hydrogens is 561 g/mol. The first-order valence-electron chi connectivity index (χ1n) is 17.1. The number of rotatable bonds is 16. The number of hydrogen-bond acceptors (Lipinski definition) is 4. The van der Waals surface area contributed by atoms with Crippen molar-refractivity contribution in [2.24, 2.45) is 5.92 Å². The van der Waals surface area contributed by atoms with Gasteiger partial charge in [0.2, 0.25) is 0 Å². The van der Waals surface area contributed by atoms with Gasteiger partial charge in [-0.25, -0.2) is 0 Å². The summed E-state index contributed by atoms with van der Waals surface area (Å²) in [6.45, 7) is 13.1. The Hall–Kier alpha value is -2.28. The van der Waals surface area contributed by atoms with E-state index in [9.17, 15) is 0 Å². The van der Waals surface area contributed by atoms with Crippen molar-refractivity contribution in [3.63, 3.8) is 0 Å². The van der Waals surface area contributed by atoms with Crippen LogP contribution in [0.5, 0.6) is 0 Å². The minimum absolute atomic E-state index is 0.0382. The summed E-state index contributed by atoms with van der Waals surface area (Å²) >= 11 is 0. The normalized spacial score (nSPS) is 24.3. The molecule has 0 aromatic heterocycles. The van der Waals surface area contributed by atoms with Crippen LogP contribution >= 0.6 is 0 Å². The van der Waals surface area contributed by atoms with Crippen LogP contribution in [0.15, 0.2) is 91.0 Å². The summed E-state index contributed by atoms with van der Waals surface area (Å²) in [5.41, 5.74) is 1.22. The minimum atomic E-state index is -2.69. The van der Waals surface area contributed by atoms with Gasteiger partial charge in [-0.3, -0.25) is 0 Å². The number of epoxide rings is 1. The van der Waals surface area contributed by atoms with E-state index in [-0.39, 0.29) is 29.5 Å². The molecule has 2 unspecified atom stereocenters. The van der Waals surface area contributed by atoms with E-state index in [1.165, 1.54) is 28.8 Å². The van der Waals surface area contributed by atoms with E-state index in [4.69, 9.17) is 18.6 Å². The summed E-state index contributed by atoms with van der Waals surface area (Å²) in [5.74, 6) is 0.563. The van der Waals surface area contributed by atoms with Crippen molar-refractivity contribution < 1.29 is 18.6 Å². The molecule has 0 saturated carbocycles. The predicted octanol–water partition coefficient (Wildman–Crippen LogP) is 8.07. The van der Waals surface area contributed by atoms with Gasteiger partial charge in [0, 0.05) is 19.4 Å². The van der Waals surface area contributed by atoms with E-state index in [0.717, 1.165) is 38.7 Å². The van der Waals surface area contributed by atoms with Crippen molar-refractivity contribution in [2.75, 3.05) is 6.61 Å². The average molecular weight is 615 g/mol. The summed E-state index contributed by atoms with van der Waals surface area (Å²) in [5, 5.41) is 2.60. The van der Waals surface area contributed by atoms with Gasteiger partial charge >= 0.3 is 0 Å². The lowest BCUT2D eigenvalue weighted by molar-refractivity contribution is -0.0180. The van der Waals surface area contributed by atoms with Crippen molar-refractivity contribution in [3.8, 4) is 0 Å². The minimum Gasteiger partial charge on any atom is -0.402 e. The summed E-state index contributed by atoms with van der Waals surface area (Å²) < 4.78 is 26.9. The lowest BCUT2D eigenvalue weighted by Gasteiger charge is -2.45. The Morgan fingerprint density at radius 3 is 1.98 bits per heavy atom. The highest BCUT2D eigenvalue weighted by Crippen LogP contribution is 2.43. The zero-order chi connectivity index (χ0) is 31.0. The fourth-order valence-corrected chi connectivity index (χ4v) is 12.1. The largest absolute Gasteiger partial charge is 0.402 e. The van der Waals surface area contributed by atoms with Crippen LogP contribution in [0, 0.1) is 5.92 Å². The quantitative estimate of drug-likeness (QED) is 0.0930. The molecule has 0 spiro atoms. The van der Waals surface area contributed by atoms with E-state index in [0.29, 0.717) is 18.6 Å². The standard InChI is InChI=1S/C39H54O4Si/c1-6-18-31(7-2)35-27-38(37(42-35)28-36-34(41-36)25-17-26-40-29-30-19-11-8-12-20-30)43-44(39(3,4)5,32-21-13-9-14-22-32)33-23-15-10-16-24-33/h8-16,19-24,31,34-38H,6-7,17-18,25-29H2,1-5H3/t31?,34-,35?,36-,37+,38+/m0/s1. The summed E-state index contributed by atoms with van der Waals surface area (Å²) in [6, 6.07) is 32.5. The van der Waals surface area contributed by atoms with Crippen LogP contribution in [0.1, 0.15) is 85.1 Å². The van der Waals surface area contributed by atoms with Gasteiger partial charge in [0.25, 0.3) is 8.32 Å². The monoisotopic (exact) mass is 614 g/mol. The molecule has 2 heterocycles. The van der Waals surface area contributed by atoms with Crippen LogP contribution in [0.2, 0.25) is 5.04 Å². The molecular formula is C39H54O4Si. The van der Waals surface area contributed by atoms with Crippen LogP contribution in [-0.4, -0.2) is 45.4 Å². The molecule has 3 aromatic rings. The molecule has 6 atom stereocenters. The van der Waals surface area contributed by atoms with E-state index < -0.39 is 8.32 Å². The lowest BCUT2D eigenvalue weighted by atomic mass is 9.92. The summed E-state index contributed by atoms with van der Waals surface area (Å²) in [4.78, 5) is 0. The third-order valence-electron chi connectivity index (χ3n) is 9.72. The van der Waals surface area contributed by atoms with Crippen molar-refractivity contribution in [2.45, 2.75) is 122 Å². The molecule has 5 rings (SSSR count). The van der Waals surface area contributed by atoms with Gasteiger partial charge in [-0.15, -0.1) is 0 Å². The molecule has 0 bridgehead atoms. The van der Waals surface area contributed by atoms with Crippen molar-refractivity contribution in [1.82, 2.24) is 0 Å². The maximum absolute atomic E-state index is 7.71. The van der Waals surface area contributed by atoms with Crippen molar-refractivity contribution >= 4 is 18.7 Å². The maximum Gasteiger partial charge on any atom is 0.261 e. The van der Waals surface area contributed by atoms with Gasteiger partial charge in [0.1, 0.15) is 0 Å². The Bertz CT molecular complexity index is 1210. The SMILES string of the molecule is CCCC(CC)C1C[C@@H](O[Si](c2ccccc2)(c2ccccc2)C(C)(C)C)[C@@H](C[C@@H]2O[C@H]2CCCOCc2ccccc2)O1. The Labute approximate surface area is 267 Å². The fourth-order valence-electron chi connectivity index (χ4n) is 7.35. The third kappa shape index (κ3) is 7.92. The molecule has 2 aliphatic rings. The van der Waals surface area contributed by atoms with Crippen LogP contribution in [-0.2, 0) is 25.2 Å². The summed E-state index contributed by atoms with van der Waals surface area (Å²) in [6.07, 6.45) is 8.27. The lowest BCUT2D eigenvalue weighted by Crippen LogP contribution is -2.68. The van der Waals surface area contributed by atoms with Crippen molar-refractivity contribution in [3.05, 3.63) is 96.6 Å². The van der Waals surface area contributed by atoms with Gasteiger partial charge in [-0.05, 0) is 46.2 Å². The topological polar surface area (TPSA) is 40.2 Å². The molecule has 2 aliphatic heterocycles. The molecule has 0 aliphatic carbocycles. The van der Waals surface area contributed by atoms with Crippen LogP contribution in [0.25, 0.3) is 0 Å². The van der Waals surface area contributed by atoms with E-state index in [1.54, 1.807) is 0 Å². The van der Waals surface area contributed by atoms with E-state index in [2.05, 4.69) is 120 Å². The fraction of sp³-hybridized carbons (Fsp3) is 0.538. The first kappa shape index (κ1) is 33.1. The number of hydrogen-bond donors (Lipinski definition) is 0. The average Bonchev–Trinajstić information content (AvgIpc) is 3.66. The zero-order valence-electron chi connectivity index (χ0n) is 27.6. The van der Waals surface area contributed by atoms with Gasteiger partial charge in [-0.1, -0.05) is 138 Å². The smallest absolute Gasteiger partial charge is 0.261 e. The number of benzene rings is 3. The molecule has 0 radical (unpaired) electrons. The second-order valence-electron chi connectivity index (χ2n) is 13.9. The second kappa shape index (κ2) is 15.3. The highest BCUT2D eigenvalue weighted by molar-refractivity contribution is 6.99. The number of ether oxygens (including phenoxy) is 3. The second-order valence-corrected chi connectivity index (χ2v) is 18.1. The van der Waals surface area contributed by atoms with Crippen LogP contribution < -0.4 is 10.4 Å². The Morgan fingerprint density at radius 2 is 1.41 bits per heavy atom. The van der Waals surface area contributed by atoms with Crippen molar-refractivity contribution in [1.29, 1.82) is 0 Å². The Balaban J connectivity index is 1.30. The van der Waals surface area contributed by atoms with Gasteiger partial charge < -0.3 is 18.6 Å². The van der Waals surface area contributed by atoms with Crippen LogP contribution in [0.3, 0.4) is 0 Å². The third-order valence-corrected chi connectivity index (χ3v) is 14.8. The van der Waals surface area contributed by atoms with E-state index in [1.807, 2.05) is 6.07 Å². The van der Waals surface area contributed by atoms with Gasteiger partial charge in [0.15, 0.2) is 0 Å². The molecule has 2 fully saturated rings. The predicted molar refractivity (Wildman–Crippen MR) is 183 cm³/mol. The molecule has 2 saturated heterocycles. The molecule has 238 valence electrons. The van der Waals surface area contributed by atoms with E-state index >= 15 is 0 Å². The summed E-state index contributed by atoms with van der Waals surface area (Å²) in [7, 11) is -2.69. The van der Waals surface area contributed by atoms with Crippen LogP contribution in [0.4, 0.5) is 0 Å². The Morgan fingerprint density at radius 1 is 0.795 bits per heavy atom. The molecule has 0 amide bonds. The molecule has 0 N–H and O–H groups in total. The molecule has 5 heteroatoms. The van der Waals surface area contributed by atoms with Gasteiger partial charge in [-0.2, -0.15) is 0 Å². The molecule has 4 nitrogen and oxygen atoms in total. The first-order chi connectivity index (χ1) is 21.4. The Kier molecular flexibility index (Phi) is 11.5. The highest BCUT2D eigenvalue weighted by atomic mass is 28.4. The first-order valence-corrected chi connectivity index (χ1v) is 19.0. The molecule has 3 aromatic carbocycles. The maximum atomic E-state index is 7.71. The zero-order valence-corrected chi connectivity index (χ0v) is 28.6.